The lowest BCUT2D eigenvalue weighted by Crippen LogP contribution is -2.59. The van der Waals surface area contributed by atoms with Crippen molar-refractivity contribution in [1.82, 2.24) is 10.1 Å². The number of aromatic nitrogens is 3. The standard InChI is InChI=1S/C15H16N4O2S/c1-4-22-15-16-14(21)13-11-7-5-6-8-12(11)18(10(3)20)9(2)19(13)17-15/h5-9H,4H2,1-3H3/p+1. The first-order valence-electron chi connectivity index (χ1n) is 7.12. The van der Waals surface area contributed by atoms with E-state index in [1.165, 1.54) is 18.7 Å². The van der Waals surface area contributed by atoms with Crippen molar-refractivity contribution in [2.75, 3.05) is 10.7 Å². The molecule has 114 valence electrons. The minimum Gasteiger partial charge on any atom is -0.291 e. The van der Waals surface area contributed by atoms with Crippen LogP contribution in [0.5, 0.6) is 0 Å². The van der Waals surface area contributed by atoms with E-state index in [9.17, 15) is 9.59 Å². The van der Waals surface area contributed by atoms with Crippen LogP contribution < -0.4 is 15.1 Å². The van der Waals surface area contributed by atoms with E-state index in [1.54, 1.807) is 9.58 Å². The first-order valence-corrected chi connectivity index (χ1v) is 8.11. The van der Waals surface area contributed by atoms with E-state index < -0.39 is 0 Å². The highest BCUT2D eigenvalue weighted by molar-refractivity contribution is 7.99. The number of fused-ring (bicyclic) bond motifs is 3. The molecule has 1 N–H and O–H groups in total. The van der Waals surface area contributed by atoms with Crippen molar-refractivity contribution >= 4 is 23.4 Å². The zero-order valence-corrected chi connectivity index (χ0v) is 13.5. The number of nitrogens with zero attached hydrogens (tertiary/aromatic N) is 3. The van der Waals surface area contributed by atoms with Gasteiger partial charge in [0.1, 0.15) is 0 Å². The Morgan fingerprint density at radius 2 is 2.18 bits per heavy atom. The van der Waals surface area contributed by atoms with Gasteiger partial charge in [-0.2, -0.15) is 0 Å². The number of anilines is 1. The number of para-hydroxylation sites is 1. The predicted molar refractivity (Wildman–Crippen MR) is 84.8 cm³/mol. The molecule has 22 heavy (non-hydrogen) atoms. The van der Waals surface area contributed by atoms with Gasteiger partial charge >= 0.3 is 11.3 Å². The van der Waals surface area contributed by atoms with Crippen molar-refractivity contribution < 1.29 is 9.48 Å². The molecule has 0 fully saturated rings. The molecular weight excluding hydrogens is 300 g/mol. The lowest BCUT2D eigenvalue weighted by Gasteiger charge is -2.29. The van der Waals surface area contributed by atoms with Gasteiger partial charge in [0, 0.05) is 18.9 Å². The van der Waals surface area contributed by atoms with Gasteiger partial charge in [-0.25, -0.2) is 0 Å². The Hall–Kier alpha value is -2.15. The number of H-pyrrole nitrogens is 1. The monoisotopic (exact) mass is 317 g/mol. The Morgan fingerprint density at radius 3 is 2.86 bits per heavy atom. The van der Waals surface area contributed by atoms with Crippen molar-refractivity contribution in [3.63, 3.8) is 0 Å². The van der Waals surface area contributed by atoms with Crippen LogP contribution in [-0.4, -0.2) is 21.7 Å². The smallest absolute Gasteiger partial charge is 0.291 e. The van der Waals surface area contributed by atoms with Gasteiger partial charge in [0.15, 0.2) is 0 Å². The van der Waals surface area contributed by atoms with Crippen molar-refractivity contribution in [3.05, 3.63) is 34.6 Å². The van der Waals surface area contributed by atoms with Crippen LogP contribution in [-0.2, 0) is 4.79 Å². The normalized spacial score (nSPS) is 16.1. The van der Waals surface area contributed by atoms with E-state index in [0.29, 0.717) is 10.9 Å². The van der Waals surface area contributed by atoms with Gasteiger partial charge < -0.3 is 0 Å². The molecular formula is C15H17N4O2S+. The molecule has 2 heterocycles. The Bertz CT molecular complexity index is 802. The summed E-state index contributed by atoms with van der Waals surface area (Å²) in [6.07, 6.45) is -0.346. The second-order valence-corrected chi connectivity index (χ2v) is 6.28. The Kier molecular flexibility index (Phi) is 3.74. The van der Waals surface area contributed by atoms with E-state index in [-0.39, 0.29) is 17.6 Å². The van der Waals surface area contributed by atoms with Gasteiger partial charge in [0.2, 0.25) is 11.1 Å². The number of rotatable bonds is 2. The maximum absolute atomic E-state index is 12.5. The van der Waals surface area contributed by atoms with Crippen LogP contribution in [0.3, 0.4) is 0 Å². The highest BCUT2D eigenvalue weighted by atomic mass is 32.2. The largest absolute Gasteiger partial charge is 0.325 e. The third-order valence-electron chi connectivity index (χ3n) is 3.63. The van der Waals surface area contributed by atoms with E-state index in [0.717, 1.165) is 17.0 Å². The van der Waals surface area contributed by atoms with E-state index in [4.69, 9.17) is 0 Å². The molecule has 0 saturated carbocycles. The molecule has 3 rings (SSSR count). The van der Waals surface area contributed by atoms with Crippen LogP contribution in [0.2, 0.25) is 0 Å². The highest BCUT2D eigenvalue weighted by Crippen LogP contribution is 2.34. The summed E-state index contributed by atoms with van der Waals surface area (Å²) in [6.45, 7) is 5.39. The van der Waals surface area contributed by atoms with E-state index in [1.807, 2.05) is 38.1 Å². The van der Waals surface area contributed by atoms with Gasteiger partial charge in [-0.3, -0.25) is 19.5 Å². The molecule has 2 aromatic rings. The highest BCUT2D eigenvalue weighted by Gasteiger charge is 2.40. The number of carbonyl (C=O) groups excluding carboxylic acids is 1. The first-order chi connectivity index (χ1) is 10.5. The second kappa shape index (κ2) is 5.57. The molecule has 0 bridgehead atoms. The van der Waals surface area contributed by atoms with Gasteiger partial charge in [-0.1, -0.05) is 35.5 Å². The van der Waals surface area contributed by atoms with Gasteiger partial charge in [-0.05, 0) is 17.9 Å². The van der Waals surface area contributed by atoms with Crippen LogP contribution >= 0.6 is 11.8 Å². The maximum atomic E-state index is 12.5. The minimum absolute atomic E-state index is 0.0788. The van der Waals surface area contributed by atoms with Crippen LogP contribution in [0, 0.1) is 0 Å². The first kappa shape index (κ1) is 14.8. The summed E-state index contributed by atoms with van der Waals surface area (Å²) < 4.78 is 1.64. The quantitative estimate of drug-likeness (QED) is 0.676. The third kappa shape index (κ3) is 2.21. The maximum Gasteiger partial charge on any atom is 0.325 e. The zero-order chi connectivity index (χ0) is 15.9. The van der Waals surface area contributed by atoms with Gasteiger partial charge in [0.25, 0.3) is 6.17 Å². The molecule has 1 atom stereocenters. The minimum atomic E-state index is -0.346. The molecule has 0 aliphatic carbocycles. The number of hydrogen-bond donors (Lipinski definition) is 1. The van der Waals surface area contributed by atoms with Crippen molar-refractivity contribution in [3.8, 4) is 11.3 Å². The van der Waals surface area contributed by atoms with E-state index in [2.05, 4.69) is 10.1 Å². The fourth-order valence-corrected chi connectivity index (χ4v) is 3.36. The molecule has 1 unspecified atom stereocenters. The lowest BCUT2D eigenvalue weighted by atomic mass is 10.1. The van der Waals surface area contributed by atoms with Gasteiger partial charge in [0.05, 0.1) is 11.3 Å². The molecule has 7 heteroatoms. The number of benzene rings is 1. The van der Waals surface area contributed by atoms with Crippen molar-refractivity contribution in [1.29, 1.82) is 0 Å². The van der Waals surface area contributed by atoms with Crippen molar-refractivity contribution in [2.24, 2.45) is 0 Å². The number of amides is 1. The summed E-state index contributed by atoms with van der Waals surface area (Å²) in [5.41, 5.74) is 1.76. The molecule has 1 aliphatic rings. The molecule has 1 aromatic heterocycles. The number of thioether (sulfide) groups is 1. The molecule has 1 aliphatic heterocycles. The summed E-state index contributed by atoms with van der Waals surface area (Å²) in [7, 11) is 0. The summed E-state index contributed by atoms with van der Waals surface area (Å²) in [4.78, 5) is 29.1. The van der Waals surface area contributed by atoms with E-state index >= 15 is 0 Å². The number of hydrogen-bond acceptors (Lipinski definition) is 4. The second-order valence-electron chi connectivity index (χ2n) is 5.02. The summed E-state index contributed by atoms with van der Waals surface area (Å²) in [5.74, 6) is 0.730. The molecule has 0 saturated heterocycles. The zero-order valence-electron chi connectivity index (χ0n) is 12.7. The van der Waals surface area contributed by atoms with Crippen LogP contribution in [0.1, 0.15) is 26.9 Å². The predicted octanol–water partition coefficient (Wildman–Crippen LogP) is 1.72. The molecule has 0 spiro atoms. The topological polar surface area (TPSA) is 69.9 Å². The van der Waals surface area contributed by atoms with Crippen molar-refractivity contribution in [2.45, 2.75) is 32.1 Å². The number of aromatic amines is 1. The summed E-state index contributed by atoms with van der Waals surface area (Å²) in [6, 6.07) is 7.41. The average molecular weight is 317 g/mol. The summed E-state index contributed by atoms with van der Waals surface area (Å²) in [5, 5.41) is 5.07. The molecule has 0 radical (unpaired) electrons. The Labute approximate surface area is 132 Å². The average Bonchev–Trinajstić information content (AvgIpc) is 2.47. The fraction of sp³-hybridized carbons (Fsp3) is 0.333. The van der Waals surface area contributed by atoms with Crippen LogP contribution in [0.4, 0.5) is 5.69 Å². The van der Waals surface area contributed by atoms with Crippen LogP contribution in [0.15, 0.2) is 34.2 Å². The Morgan fingerprint density at radius 1 is 1.45 bits per heavy atom. The Balaban J connectivity index is 2.30. The summed E-state index contributed by atoms with van der Waals surface area (Å²) >= 11 is 1.46. The molecule has 1 aromatic carbocycles. The lowest BCUT2D eigenvalue weighted by molar-refractivity contribution is -0.768. The molecule has 6 nitrogen and oxygen atoms in total. The third-order valence-corrected chi connectivity index (χ3v) is 4.38. The SMILES string of the molecule is CCSc1n[n+]2c(c(=O)[nH]1)-c1ccccc1N(C(C)=O)C2C. The fourth-order valence-electron chi connectivity index (χ4n) is 2.78. The van der Waals surface area contributed by atoms with Crippen LogP contribution in [0.25, 0.3) is 11.3 Å². The number of carbonyl (C=O) groups is 1. The number of nitrogens with one attached hydrogen (secondary N) is 1. The van der Waals surface area contributed by atoms with Gasteiger partial charge in [-0.15, -0.1) is 0 Å². The molecule has 1 amide bonds.